The minimum absolute atomic E-state index is 0.0274. The van der Waals surface area contributed by atoms with Gasteiger partial charge in [0.1, 0.15) is 5.82 Å². The Morgan fingerprint density at radius 3 is 2.61 bits per heavy atom. The predicted octanol–water partition coefficient (Wildman–Crippen LogP) is 4.59. The number of benzene rings is 1. The van der Waals surface area contributed by atoms with Gasteiger partial charge in [0.05, 0.1) is 23.4 Å². The highest BCUT2D eigenvalue weighted by molar-refractivity contribution is 6.30. The minimum atomic E-state index is -1.07. The van der Waals surface area contributed by atoms with Gasteiger partial charge in [-0.15, -0.1) is 0 Å². The van der Waals surface area contributed by atoms with Crippen LogP contribution in [0, 0.1) is 19.7 Å². The lowest BCUT2D eigenvalue weighted by Crippen LogP contribution is -2.22. The van der Waals surface area contributed by atoms with Gasteiger partial charge >= 0.3 is 0 Å². The van der Waals surface area contributed by atoms with Crippen molar-refractivity contribution in [2.75, 3.05) is 5.32 Å². The lowest BCUT2D eigenvalue weighted by Gasteiger charge is -2.14. The number of nitrogens with zero attached hydrogens (tertiary/aromatic N) is 4. The van der Waals surface area contributed by atoms with Gasteiger partial charge in [-0.1, -0.05) is 17.7 Å². The van der Waals surface area contributed by atoms with Crippen LogP contribution in [-0.4, -0.2) is 24.6 Å². The SMILES string of the molecule is Cc1cncc(C)c1Nc1nccc(-c2ccn(CC(O)c3ccc(Cl)c(F)c3)c(=O)c2)n1. The minimum Gasteiger partial charge on any atom is -0.387 e. The normalized spacial score (nSPS) is 11.9. The number of hydrogen-bond donors (Lipinski definition) is 2. The Bertz CT molecular complexity index is 1360. The van der Waals surface area contributed by atoms with Crippen molar-refractivity contribution in [2.24, 2.45) is 0 Å². The first-order valence-corrected chi connectivity index (χ1v) is 10.5. The second-order valence-electron chi connectivity index (χ2n) is 7.63. The molecule has 0 spiro atoms. The average molecular weight is 466 g/mol. The van der Waals surface area contributed by atoms with Gasteiger partial charge in [-0.3, -0.25) is 9.78 Å². The van der Waals surface area contributed by atoms with Crippen LogP contribution >= 0.6 is 11.6 Å². The van der Waals surface area contributed by atoms with Gasteiger partial charge in [0.2, 0.25) is 5.95 Å². The molecule has 0 fully saturated rings. The van der Waals surface area contributed by atoms with Crippen LogP contribution < -0.4 is 10.9 Å². The van der Waals surface area contributed by atoms with E-state index in [2.05, 4.69) is 20.3 Å². The summed E-state index contributed by atoms with van der Waals surface area (Å²) in [5.74, 6) is -0.226. The Kier molecular flexibility index (Phi) is 6.48. The third kappa shape index (κ3) is 5.08. The first kappa shape index (κ1) is 22.6. The largest absolute Gasteiger partial charge is 0.387 e. The molecule has 4 aromatic rings. The van der Waals surface area contributed by atoms with E-state index in [1.54, 1.807) is 36.9 Å². The Labute approximate surface area is 194 Å². The number of rotatable bonds is 6. The number of pyridine rings is 2. The Balaban J connectivity index is 1.55. The number of nitrogens with one attached hydrogen (secondary N) is 1. The summed E-state index contributed by atoms with van der Waals surface area (Å²) in [5.41, 5.74) is 4.00. The van der Waals surface area contributed by atoms with Crippen LogP contribution in [0.1, 0.15) is 22.8 Å². The van der Waals surface area contributed by atoms with Gasteiger partial charge in [0.15, 0.2) is 0 Å². The first-order valence-electron chi connectivity index (χ1n) is 10.2. The van der Waals surface area contributed by atoms with Crippen molar-refractivity contribution in [1.29, 1.82) is 0 Å². The van der Waals surface area contributed by atoms with E-state index in [4.69, 9.17) is 11.6 Å². The van der Waals surface area contributed by atoms with E-state index in [1.807, 2.05) is 13.8 Å². The van der Waals surface area contributed by atoms with E-state index in [1.165, 1.54) is 22.8 Å². The number of anilines is 2. The van der Waals surface area contributed by atoms with Gasteiger partial charge < -0.3 is 15.0 Å². The van der Waals surface area contributed by atoms with Crippen molar-refractivity contribution >= 4 is 23.2 Å². The van der Waals surface area contributed by atoms with Crippen molar-refractivity contribution in [2.45, 2.75) is 26.5 Å². The quantitative estimate of drug-likeness (QED) is 0.432. The molecule has 0 aliphatic carbocycles. The molecule has 3 heterocycles. The number of aromatic nitrogens is 4. The van der Waals surface area contributed by atoms with Crippen LogP contribution in [0.5, 0.6) is 0 Å². The summed E-state index contributed by atoms with van der Waals surface area (Å²) in [6, 6.07) is 8.93. The first-order chi connectivity index (χ1) is 15.8. The molecule has 0 bridgehead atoms. The Morgan fingerprint density at radius 2 is 1.91 bits per heavy atom. The number of aliphatic hydroxyl groups excluding tert-OH is 1. The molecule has 3 aromatic heterocycles. The summed E-state index contributed by atoms with van der Waals surface area (Å²) in [7, 11) is 0. The summed E-state index contributed by atoms with van der Waals surface area (Å²) >= 11 is 5.69. The zero-order chi connectivity index (χ0) is 23.5. The molecule has 4 rings (SSSR count). The molecule has 1 unspecified atom stereocenters. The van der Waals surface area contributed by atoms with E-state index in [0.717, 1.165) is 22.9 Å². The molecule has 33 heavy (non-hydrogen) atoms. The Hall–Kier alpha value is -3.62. The topological polar surface area (TPSA) is 92.9 Å². The number of aryl methyl sites for hydroxylation is 2. The molecular formula is C24H21ClFN5O2. The van der Waals surface area contributed by atoms with Crippen LogP contribution in [0.3, 0.4) is 0 Å². The molecule has 9 heteroatoms. The molecule has 0 saturated heterocycles. The molecule has 1 aromatic carbocycles. The van der Waals surface area contributed by atoms with E-state index < -0.39 is 11.9 Å². The molecule has 7 nitrogen and oxygen atoms in total. The van der Waals surface area contributed by atoms with Crippen LogP contribution in [0.2, 0.25) is 5.02 Å². The third-order valence-corrected chi connectivity index (χ3v) is 5.51. The van der Waals surface area contributed by atoms with Crippen LogP contribution in [0.15, 0.2) is 66.0 Å². The van der Waals surface area contributed by atoms with Gasteiger partial charge in [-0.05, 0) is 54.8 Å². The van der Waals surface area contributed by atoms with E-state index >= 15 is 0 Å². The second-order valence-corrected chi connectivity index (χ2v) is 8.04. The maximum Gasteiger partial charge on any atom is 0.251 e. The molecule has 0 amide bonds. The lowest BCUT2D eigenvalue weighted by atomic mass is 10.1. The summed E-state index contributed by atoms with van der Waals surface area (Å²) in [4.78, 5) is 25.6. The molecule has 0 radical (unpaired) electrons. The zero-order valence-corrected chi connectivity index (χ0v) is 18.7. The zero-order valence-electron chi connectivity index (χ0n) is 18.0. The predicted molar refractivity (Wildman–Crippen MR) is 125 cm³/mol. The lowest BCUT2D eigenvalue weighted by molar-refractivity contribution is 0.154. The van der Waals surface area contributed by atoms with Crippen LogP contribution in [-0.2, 0) is 6.54 Å². The summed E-state index contributed by atoms with van der Waals surface area (Å²) in [6.45, 7) is 3.86. The summed E-state index contributed by atoms with van der Waals surface area (Å²) in [5, 5.41) is 13.6. The fourth-order valence-corrected chi connectivity index (χ4v) is 3.54. The molecule has 168 valence electrons. The van der Waals surface area contributed by atoms with E-state index in [9.17, 15) is 14.3 Å². The van der Waals surface area contributed by atoms with Crippen molar-refractivity contribution in [3.8, 4) is 11.3 Å². The van der Waals surface area contributed by atoms with Crippen molar-refractivity contribution in [3.05, 3.63) is 99.1 Å². The van der Waals surface area contributed by atoms with Crippen molar-refractivity contribution in [1.82, 2.24) is 19.5 Å². The molecule has 0 aliphatic heterocycles. The summed E-state index contributed by atoms with van der Waals surface area (Å²) < 4.78 is 15.0. The second kappa shape index (κ2) is 9.48. The highest BCUT2D eigenvalue weighted by Crippen LogP contribution is 2.24. The van der Waals surface area contributed by atoms with Gasteiger partial charge in [0, 0.05) is 42.1 Å². The fraction of sp³-hybridized carbons (Fsp3) is 0.167. The Morgan fingerprint density at radius 1 is 1.15 bits per heavy atom. The van der Waals surface area contributed by atoms with Gasteiger partial charge in [0.25, 0.3) is 5.56 Å². The van der Waals surface area contributed by atoms with E-state index in [-0.39, 0.29) is 17.1 Å². The smallest absolute Gasteiger partial charge is 0.251 e. The standard InChI is InChI=1S/C24H21ClFN5O2/c1-14-11-27-12-15(2)23(14)30-24-28-7-5-20(29-24)16-6-8-31(22(33)10-16)13-21(32)17-3-4-18(25)19(26)9-17/h3-12,21,32H,13H2,1-2H3,(H,27,28,29,30). The van der Waals surface area contributed by atoms with E-state index in [0.29, 0.717) is 22.8 Å². The van der Waals surface area contributed by atoms with Gasteiger partial charge in [-0.25, -0.2) is 14.4 Å². The molecule has 1 atom stereocenters. The highest BCUT2D eigenvalue weighted by Gasteiger charge is 2.13. The molecule has 2 N–H and O–H groups in total. The summed E-state index contributed by atoms with van der Waals surface area (Å²) in [6.07, 6.45) is 5.62. The number of hydrogen-bond acceptors (Lipinski definition) is 6. The fourth-order valence-electron chi connectivity index (χ4n) is 3.42. The maximum absolute atomic E-state index is 13.7. The van der Waals surface area contributed by atoms with Gasteiger partial charge in [-0.2, -0.15) is 0 Å². The van der Waals surface area contributed by atoms with Crippen molar-refractivity contribution in [3.63, 3.8) is 0 Å². The third-order valence-electron chi connectivity index (χ3n) is 5.21. The maximum atomic E-state index is 13.7. The van der Waals surface area contributed by atoms with Crippen LogP contribution in [0.25, 0.3) is 11.3 Å². The van der Waals surface area contributed by atoms with Crippen molar-refractivity contribution < 1.29 is 9.50 Å². The van der Waals surface area contributed by atoms with Crippen LogP contribution in [0.4, 0.5) is 16.0 Å². The highest BCUT2D eigenvalue weighted by atomic mass is 35.5. The monoisotopic (exact) mass is 465 g/mol. The molecular weight excluding hydrogens is 445 g/mol. The molecule has 0 saturated carbocycles. The number of aliphatic hydroxyl groups is 1. The molecule has 0 aliphatic rings. The number of halogens is 2. The average Bonchev–Trinajstić information content (AvgIpc) is 2.79.